The van der Waals surface area contributed by atoms with Gasteiger partial charge >= 0.3 is 6.03 Å². The van der Waals surface area contributed by atoms with E-state index in [9.17, 15) is 14.7 Å². The normalized spacial score (nSPS) is 10.5. The molecule has 0 aliphatic rings. The van der Waals surface area contributed by atoms with Crippen LogP contribution in [0.25, 0.3) is 11.3 Å². The van der Waals surface area contributed by atoms with Gasteiger partial charge < -0.3 is 24.6 Å². The van der Waals surface area contributed by atoms with Crippen LogP contribution in [0.3, 0.4) is 0 Å². The fourth-order valence-electron chi connectivity index (χ4n) is 2.78. The number of carbonyl (C=O) groups excluding carboxylic acids is 2. The monoisotopic (exact) mass is 378 g/mol. The van der Waals surface area contributed by atoms with E-state index in [2.05, 4.69) is 10.5 Å². The Morgan fingerprint density at radius 1 is 1.07 bits per heavy atom. The van der Waals surface area contributed by atoms with Crippen LogP contribution in [-0.4, -0.2) is 28.6 Å². The number of hydrogen-bond acceptors (Lipinski definition) is 5. The summed E-state index contributed by atoms with van der Waals surface area (Å²) in [5.41, 5.74) is 2.68. The molecule has 0 saturated carbocycles. The molecule has 0 aliphatic heterocycles. The van der Waals surface area contributed by atoms with Gasteiger partial charge in [0.25, 0.3) is 0 Å². The lowest BCUT2D eigenvalue weighted by atomic mass is 10.1. The molecule has 2 aromatic carbocycles. The summed E-state index contributed by atoms with van der Waals surface area (Å²) in [4.78, 5) is 25.2. The number of carbonyl (C=O) groups is 2. The van der Waals surface area contributed by atoms with Crippen LogP contribution in [0.2, 0.25) is 0 Å². The number of anilines is 1. The lowest BCUT2D eigenvalue weighted by Gasteiger charge is -2.23. The number of aromatic nitrogens is 1. The Balaban J connectivity index is 1.82. The minimum Gasteiger partial charge on any atom is -0.550 e. The first kappa shape index (κ1) is 19.2. The van der Waals surface area contributed by atoms with Crippen molar-refractivity contribution in [2.75, 3.05) is 11.9 Å². The standard InChI is InChI=1S/C21H21N3O4/c1-15-19(20(23-28-15)17-10-6-3-7-11-17)22-21(27)24(13-12-18(25)26)14-16-8-4-2-5-9-16/h2-11H,12-14H2,1H3,(H,22,27)(H,25,26)/p-1. The molecule has 1 N–H and O–H groups in total. The average Bonchev–Trinajstić information content (AvgIpc) is 3.06. The average molecular weight is 378 g/mol. The Hall–Kier alpha value is -3.61. The van der Waals surface area contributed by atoms with Gasteiger partial charge in [0.1, 0.15) is 11.4 Å². The number of hydrogen-bond donors (Lipinski definition) is 1. The molecule has 0 bridgehead atoms. The molecule has 0 spiro atoms. The van der Waals surface area contributed by atoms with Crippen molar-refractivity contribution in [2.45, 2.75) is 19.9 Å². The fourth-order valence-corrected chi connectivity index (χ4v) is 2.78. The molecule has 0 aliphatic carbocycles. The SMILES string of the molecule is Cc1onc(-c2ccccc2)c1NC(=O)N(CCC(=O)[O-])Cc1ccccc1. The molecule has 0 atom stereocenters. The Labute approximate surface area is 162 Å². The summed E-state index contributed by atoms with van der Waals surface area (Å²) in [6.45, 7) is 2.00. The highest BCUT2D eigenvalue weighted by molar-refractivity contribution is 5.94. The van der Waals surface area contributed by atoms with Crippen LogP contribution >= 0.6 is 0 Å². The van der Waals surface area contributed by atoms with Crippen LogP contribution in [0.15, 0.2) is 65.2 Å². The van der Waals surface area contributed by atoms with E-state index in [4.69, 9.17) is 4.52 Å². The van der Waals surface area contributed by atoms with Crippen molar-refractivity contribution < 1.29 is 19.2 Å². The summed E-state index contributed by atoms with van der Waals surface area (Å²) in [6.07, 6.45) is -0.256. The molecule has 1 aromatic heterocycles. The summed E-state index contributed by atoms with van der Waals surface area (Å²) in [7, 11) is 0. The Kier molecular flexibility index (Phi) is 6.06. The number of carboxylic acid groups (broad SMARTS) is 1. The number of aliphatic carboxylic acids is 1. The number of nitrogens with one attached hydrogen (secondary N) is 1. The molecule has 0 fully saturated rings. The van der Waals surface area contributed by atoms with Gasteiger partial charge in [0.2, 0.25) is 0 Å². The quantitative estimate of drug-likeness (QED) is 0.682. The molecule has 0 unspecified atom stereocenters. The number of amides is 2. The van der Waals surface area contributed by atoms with Crippen molar-refractivity contribution in [1.29, 1.82) is 0 Å². The van der Waals surface area contributed by atoms with E-state index in [-0.39, 0.29) is 19.5 Å². The van der Waals surface area contributed by atoms with Crippen molar-refractivity contribution in [2.24, 2.45) is 0 Å². The molecule has 0 radical (unpaired) electrons. The maximum atomic E-state index is 12.9. The molecule has 1 heterocycles. The molecular formula is C21H20N3O4-. The van der Waals surface area contributed by atoms with Crippen LogP contribution in [0.5, 0.6) is 0 Å². The molecule has 28 heavy (non-hydrogen) atoms. The largest absolute Gasteiger partial charge is 0.550 e. The molecule has 3 aromatic rings. The number of benzene rings is 2. The second-order valence-electron chi connectivity index (χ2n) is 6.29. The highest BCUT2D eigenvalue weighted by atomic mass is 16.5. The van der Waals surface area contributed by atoms with Crippen LogP contribution in [-0.2, 0) is 11.3 Å². The summed E-state index contributed by atoms with van der Waals surface area (Å²) in [5.74, 6) is -0.747. The zero-order valence-corrected chi connectivity index (χ0v) is 15.4. The third-order valence-electron chi connectivity index (χ3n) is 4.23. The van der Waals surface area contributed by atoms with Crippen LogP contribution < -0.4 is 10.4 Å². The zero-order chi connectivity index (χ0) is 19.9. The Bertz CT molecular complexity index is 939. The highest BCUT2D eigenvalue weighted by Gasteiger charge is 2.20. The van der Waals surface area contributed by atoms with Gasteiger partial charge in [0.05, 0.1) is 0 Å². The molecule has 3 rings (SSSR count). The van der Waals surface area contributed by atoms with Crippen LogP contribution in [0.4, 0.5) is 10.5 Å². The fraction of sp³-hybridized carbons (Fsp3) is 0.190. The molecule has 7 heteroatoms. The molecule has 2 amide bonds. The van der Waals surface area contributed by atoms with E-state index < -0.39 is 12.0 Å². The van der Waals surface area contributed by atoms with Crippen molar-refractivity contribution in [1.82, 2.24) is 10.1 Å². The number of urea groups is 1. The van der Waals surface area contributed by atoms with Crippen molar-refractivity contribution in [3.63, 3.8) is 0 Å². The van der Waals surface area contributed by atoms with Gasteiger partial charge in [-0.15, -0.1) is 0 Å². The number of aryl methyl sites for hydroxylation is 1. The van der Waals surface area contributed by atoms with Crippen LogP contribution in [0, 0.1) is 6.92 Å². The van der Waals surface area contributed by atoms with E-state index in [1.807, 2.05) is 60.7 Å². The number of nitrogens with zero attached hydrogens (tertiary/aromatic N) is 2. The van der Waals surface area contributed by atoms with E-state index in [0.29, 0.717) is 17.1 Å². The summed E-state index contributed by atoms with van der Waals surface area (Å²) >= 11 is 0. The maximum absolute atomic E-state index is 12.9. The molecule has 144 valence electrons. The molecule has 0 saturated heterocycles. The predicted molar refractivity (Wildman–Crippen MR) is 102 cm³/mol. The highest BCUT2D eigenvalue weighted by Crippen LogP contribution is 2.30. The lowest BCUT2D eigenvalue weighted by Crippen LogP contribution is -2.38. The minimum atomic E-state index is -1.21. The lowest BCUT2D eigenvalue weighted by molar-refractivity contribution is -0.305. The second-order valence-corrected chi connectivity index (χ2v) is 6.29. The van der Waals surface area contributed by atoms with E-state index in [1.54, 1.807) is 6.92 Å². The van der Waals surface area contributed by atoms with Crippen molar-refractivity contribution >= 4 is 17.7 Å². The van der Waals surface area contributed by atoms with Crippen LogP contribution in [0.1, 0.15) is 17.7 Å². The number of carboxylic acids is 1. The minimum absolute atomic E-state index is 0.0219. The maximum Gasteiger partial charge on any atom is 0.322 e. The van der Waals surface area contributed by atoms with Gasteiger partial charge in [-0.2, -0.15) is 0 Å². The van der Waals surface area contributed by atoms with Gasteiger partial charge in [-0.05, 0) is 12.5 Å². The van der Waals surface area contributed by atoms with Gasteiger partial charge in [0.15, 0.2) is 5.76 Å². The third-order valence-corrected chi connectivity index (χ3v) is 4.23. The van der Waals surface area contributed by atoms with Gasteiger partial charge in [-0.3, -0.25) is 0 Å². The molecular weight excluding hydrogens is 358 g/mol. The topological polar surface area (TPSA) is 98.5 Å². The van der Waals surface area contributed by atoms with E-state index >= 15 is 0 Å². The van der Waals surface area contributed by atoms with E-state index in [0.717, 1.165) is 11.1 Å². The summed E-state index contributed by atoms with van der Waals surface area (Å²) < 4.78 is 5.26. The summed E-state index contributed by atoms with van der Waals surface area (Å²) in [5, 5.41) is 17.8. The Morgan fingerprint density at radius 2 is 1.71 bits per heavy atom. The first-order valence-electron chi connectivity index (χ1n) is 8.86. The predicted octanol–water partition coefficient (Wildman–Crippen LogP) is 2.82. The van der Waals surface area contributed by atoms with Crippen molar-refractivity contribution in [3.05, 3.63) is 72.0 Å². The van der Waals surface area contributed by atoms with E-state index in [1.165, 1.54) is 4.90 Å². The summed E-state index contributed by atoms with van der Waals surface area (Å²) in [6, 6.07) is 18.3. The number of rotatable bonds is 7. The second kappa shape index (κ2) is 8.85. The smallest absolute Gasteiger partial charge is 0.322 e. The van der Waals surface area contributed by atoms with Crippen molar-refractivity contribution in [3.8, 4) is 11.3 Å². The van der Waals surface area contributed by atoms with Gasteiger partial charge in [-0.1, -0.05) is 65.8 Å². The third kappa shape index (κ3) is 4.76. The molecule has 7 nitrogen and oxygen atoms in total. The first-order valence-corrected chi connectivity index (χ1v) is 8.86. The zero-order valence-electron chi connectivity index (χ0n) is 15.4. The Morgan fingerprint density at radius 3 is 2.36 bits per heavy atom. The first-order chi connectivity index (χ1) is 13.5. The van der Waals surface area contributed by atoms with Gasteiger partial charge in [0, 0.05) is 31.0 Å². The van der Waals surface area contributed by atoms with Gasteiger partial charge in [-0.25, -0.2) is 4.79 Å².